The highest BCUT2D eigenvalue weighted by Crippen LogP contribution is 2.22. The Morgan fingerprint density at radius 3 is 2.38 bits per heavy atom. The molecule has 1 heteroatoms. The molecule has 2 aromatic rings. The van der Waals surface area contributed by atoms with Crippen molar-refractivity contribution in [2.24, 2.45) is 0 Å². The van der Waals surface area contributed by atoms with E-state index in [9.17, 15) is 0 Å². The van der Waals surface area contributed by atoms with Crippen LogP contribution in [0.2, 0.25) is 5.02 Å². The molecule has 0 aliphatic heterocycles. The van der Waals surface area contributed by atoms with Crippen LogP contribution in [0.1, 0.15) is 12.0 Å². The van der Waals surface area contributed by atoms with Gasteiger partial charge in [-0.05, 0) is 41.7 Å². The molecule has 0 N–H and O–H groups in total. The van der Waals surface area contributed by atoms with E-state index in [0.717, 1.165) is 17.9 Å². The summed E-state index contributed by atoms with van der Waals surface area (Å²) in [5, 5.41) is 0.776. The maximum atomic E-state index is 5.87. The average molecular weight is 230 g/mol. The standard InChI is InChI=1S/C15H14Cl/c1-2-4-12-5-3-6-14(11-12)13-7-9-15(16)10-8-13/h3,5-11H,1-2,4H2. The Morgan fingerprint density at radius 2 is 1.69 bits per heavy atom. The van der Waals surface area contributed by atoms with Crippen molar-refractivity contribution in [1.82, 2.24) is 0 Å². The van der Waals surface area contributed by atoms with E-state index in [0.29, 0.717) is 0 Å². The Bertz CT molecular complexity index is 457. The van der Waals surface area contributed by atoms with Crippen molar-refractivity contribution >= 4 is 11.6 Å². The van der Waals surface area contributed by atoms with E-state index in [1.165, 1.54) is 16.7 Å². The maximum absolute atomic E-state index is 5.87. The first-order chi connectivity index (χ1) is 7.79. The Kier molecular flexibility index (Phi) is 3.63. The molecule has 1 radical (unpaired) electrons. The molecule has 0 bridgehead atoms. The second-order valence-electron chi connectivity index (χ2n) is 3.81. The molecule has 81 valence electrons. The number of halogens is 1. The van der Waals surface area contributed by atoms with E-state index < -0.39 is 0 Å². The normalized spacial score (nSPS) is 10.4. The molecule has 0 fully saturated rings. The molecule has 0 unspecified atom stereocenters. The van der Waals surface area contributed by atoms with Crippen LogP contribution >= 0.6 is 11.6 Å². The summed E-state index contributed by atoms with van der Waals surface area (Å²) in [4.78, 5) is 0. The van der Waals surface area contributed by atoms with Crippen LogP contribution in [0.25, 0.3) is 11.1 Å². The highest BCUT2D eigenvalue weighted by Gasteiger charge is 1.98. The minimum atomic E-state index is 0.776. The van der Waals surface area contributed by atoms with Gasteiger partial charge in [0.25, 0.3) is 0 Å². The molecule has 2 aromatic carbocycles. The van der Waals surface area contributed by atoms with Crippen LogP contribution in [0.15, 0.2) is 48.5 Å². The van der Waals surface area contributed by atoms with Crippen LogP contribution in [0, 0.1) is 6.92 Å². The molecule has 0 aliphatic rings. The molecule has 0 saturated carbocycles. The summed E-state index contributed by atoms with van der Waals surface area (Å²) in [6.07, 6.45) is 1.96. The quantitative estimate of drug-likeness (QED) is 0.711. The zero-order valence-corrected chi connectivity index (χ0v) is 9.87. The SMILES string of the molecule is [CH2]CCc1cccc(-c2ccc(Cl)cc2)c1. The van der Waals surface area contributed by atoms with Crippen LogP contribution < -0.4 is 0 Å². The van der Waals surface area contributed by atoms with Gasteiger partial charge in [-0.2, -0.15) is 0 Å². The number of hydrogen-bond donors (Lipinski definition) is 0. The predicted octanol–water partition coefficient (Wildman–Crippen LogP) is 4.77. The minimum Gasteiger partial charge on any atom is -0.0843 e. The molecule has 2 rings (SSSR count). The van der Waals surface area contributed by atoms with Gasteiger partial charge in [-0.15, -0.1) is 0 Å². The maximum Gasteiger partial charge on any atom is 0.0406 e. The van der Waals surface area contributed by atoms with Gasteiger partial charge in [0.15, 0.2) is 0 Å². The minimum absolute atomic E-state index is 0.776. The summed E-state index contributed by atoms with van der Waals surface area (Å²) in [5.41, 5.74) is 3.78. The van der Waals surface area contributed by atoms with Crippen molar-refractivity contribution in [1.29, 1.82) is 0 Å². The number of rotatable bonds is 3. The molecule has 0 aromatic heterocycles. The lowest BCUT2D eigenvalue weighted by atomic mass is 10.0. The summed E-state index contributed by atoms with van der Waals surface area (Å²) >= 11 is 5.87. The second kappa shape index (κ2) is 5.18. The smallest absolute Gasteiger partial charge is 0.0406 e. The lowest BCUT2D eigenvalue weighted by molar-refractivity contribution is 1.000. The Balaban J connectivity index is 2.32. The van der Waals surface area contributed by atoms with E-state index in [4.69, 9.17) is 11.6 Å². The van der Waals surface area contributed by atoms with Gasteiger partial charge in [-0.25, -0.2) is 0 Å². The zero-order valence-electron chi connectivity index (χ0n) is 9.12. The van der Waals surface area contributed by atoms with Gasteiger partial charge in [0, 0.05) is 5.02 Å². The Hall–Kier alpha value is -1.27. The molecule has 0 atom stereocenters. The van der Waals surface area contributed by atoms with Crippen molar-refractivity contribution in [2.75, 3.05) is 0 Å². The average Bonchev–Trinajstić information content (AvgIpc) is 2.31. The lowest BCUT2D eigenvalue weighted by Crippen LogP contribution is -1.84. The molecule has 0 saturated heterocycles. The fourth-order valence-corrected chi connectivity index (χ4v) is 1.88. The van der Waals surface area contributed by atoms with Crippen molar-refractivity contribution in [2.45, 2.75) is 12.8 Å². The van der Waals surface area contributed by atoms with Crippen LogP contribution in [0.5, 0.6) is 0 Å². The third-order valence-corrected chi connectivity index (χ3v) is 2.82. The first-order valence-electron chi connectivity index (χ1n) is 5.44. The molecule has 0 aliphatic carbocycles. The van der Waals surface area contributed by atoms with E-state index >= 15 is 0 Å². The van der Waals surface area contributed by atoms with E-state index in [2.05, 4.69) is 31.2 Å². The first kappa shape index (κ1) is 11.2. The second-order valence-corrected chi connectivity index (χ2v) is 4.25. The van der Waals surface area contributed by atoms with E-state index in [-0.39, 0.29) is 0 Å². The highest BCUT2D eigenvalue weighted by atomic mass is 35.5. The van der Waals surface area contributed by atoms with Gasteiger partial charge < -0.3 is 0 Å². The molecular weight excluding hydrogens is 216 g/mol. The lowest BCUT2D eigenvalue weighted by Gasteiger charge is -2.04. The summed E-state index contributed by atoms with van der Waals surface area (Å²) < 4.78 is 0. The summed E-state index contributed by atoms with van der Waals surface area (Å²) in [7, 11) is 0. The molecule has 16 heavy (non-hydrogen) atoms. The third kappa shape index (κ3) is 2.65. The summed E-state index contributed by atoms with van der Waals surface area (Å²) in [6, 6.07) is 16.5. The van der Waals surface area contributed by atoms with Crippen LogP contribution in [0.3, 0.4) is 0 Å². The summed E-state index contributed by atoms with van der Waals surface area (Å²) in [6.45, 7) is 3.88. The van der Waals surface area contributed by atoms with Gasteiger partial charge in [0.2, 0.25) is 0 Å². The van der Waals surface area contributed by atoms with Crippen molar-refractivity contribution in [3.8, 4) is 11.1 Å². The van der Waals surface area contributed by atoms with Crippen molar-refractivity contribution in [3.63, 3.8) is 0 Å². The largest absolute Gasteiger partial charge is 0.0843 e. The topological polar surface area (TPSA) is 0 Å². The number of benzene rings is 2. The van der Waals surface area contributed by atoms with Gasteiger partial charge in [0.05, 0.1) is 0 Å². The summed E-state index contributed by atoms with van der Waals surface area (Å²) in [5.74, 6) is 0. The fourth-order valence-electron chi connectivity index (χ4n) is 1.75. The molecule has 0 amide bonds. The Morgan fingerprint density at radius 1 is 0.938 bits per heavy atom. The zero-order chi connectivity index (χ0) is 11.4. The molecule has 0 nitrogen and oxygen atoms in total. The van der Waals surface area contributed by atoms with Gasteiger partial charge >= 0.3 is 0 Å². The predicted molar refractivity (Wildman–Crippen MR) is 70.6 cm³/mol. The molecular formula is C15H14Cl. The third-order valence-electron chi connectivity index (χ3n) is 2.57. The number of hydrogen-bond acceptors (Lipinski definition) is 0. The first-order valence-corrected chi connectivity index (χ1v) is 5.81. The van der Waals surface area contributed by atoms with Crippen LogP contribution in [-0.2, 0) is 6.42 Å². The number of aryl methyl sites for hydroxylation is 1. The van der Waals surface area contributed by atoms with Crippen molar-refractivity contribution in [3.05, 3.63) is 66.0 Å². The molecule has 0 spiro atoms. The van der Waals surface area contributed by atoms with Crippen LogP contribution in [-0.4, -0.2) is 0 Å². The van der Waals surface area contributed by atoms with Crippen molar-refractivity contribution < 1.29 is 0 Å². The monoisotopic (exact) mass is 229 g/mol. The van der Waals surface area contributed by atoms with Gasteiger partial charge in [0.1, 0.15) is 0 Å². The van der Waals surface area contributed by atoms with Gasteiger partial charge in [-0.3, -0.25) is 0 Å². The Labute approximate surface area is 102 Å². The fraction of sp³-hybridized carbons (Fsp3) is 0.133. The van der Waals surface area contributed by atoms with Crippen LogP contribution in [0.4, 0.5) is 0 Å². The van der Waals surface area contributed by atoms with Gasteiger partial charge in [-0.1, -0.05) is 54.9 Å². The molecule has 0 heterocycles. The van der Waals surface area contributed by atoms with E-state index in [1.54, 1.807) is 0 Å². The van der Waals surface area contributed by atoms with E-state index in [1.807, 2.05) is 24.3 Å². The highest BCUT2D eigenvalue weighted by molar-refractivity contribution is 6.30.